The molecule has 1 unspecified atom stereocenters. The Morgan fingerprint density at radius 3 is 2.53 bits per heavy atom. The first-order valence-electron chi connectivity index (χ1n) is 5.16. The summed E-state index contributed by atoms with van der Waals surface area (Å²) in [4.78, 5) is 0. The Kier molecular flexibility index (Phi) is 8.88. The predicted octanol–water partition coefficient (Wildman–Crippen LogP) is 3.26. The third kappa shape index (κ3) is 6.77. The molecule has 1 nitrogen and oxygen atoms in total. The van der Waals surface area contributed by atoms with Crippen molar-refractivity contribution in [2.24, 2.45) is 0 Å². The van der Waals surface area contributed by atoms with Gasteiger partial charge in [0, 0.05) is 11.9 Å². The van der Waals surface area contributed by atoms with Crippen LogP contribution in [0, 0.1) is 0 Å². The smallest absolute Gasteiger partial charge is 0.0235 e. The predicted molar refractivity (Wildman–Crippen MR) is 70.2 cm³/mol. The Bertz CT molecular complexity index is 239. The highest BCUT2D eigenvalue weighted by molar-refractivity contribution is 6.17. The Labute approximate surface area is 104 Å². The van der Waals surface area contributed by atoms with Crippen LogP contribution in [0.1, 0.15) is 18.9 Å². The van der Waals surface area contributed by atoms with E-state index in [1.165, 1.54) is 5.56 Å². The molecule has 0 spiro atoms. The average molecular weight is 248 g/mol. The summed E-state index contributed by atoms with van der Waals surface area (Å²) in [5, 5.41) is 3.45. The molecule has 0 bridgehead atoms. The SMILES string of the molecule is CC(Cc1ccccc1)NCCCCl.Cl. The normalized spacial score (nSPS) is 11.9. The number of nitrogens with one attached hydrogen (secondary N) is 1. The molecule has 1 rings (SSSR count). The van der Waals surface area contributed by atoms with Gasteiger partial charge in [0.1, 0.15) is 0 Å². The van der Waals surface area contributed by atoms with Gasteiger partial charge in [-0.15, -0.1) is 24.0 Å². The van der Waals surface area contributed by atoms with Gasteiger partial charge in [0.2, 0.25) is 0 Å². The number of rotatable bonds is 6. The molecule has 0 aliphatic heterocycles. The van der Waals surface area contributed by atoms with E-state index in [2.05, 4.69) is 42.6 Å². The van der Waals surface area contributed by atoms with Crippen LogP contribution in [0.25, 0.3) is 0 Å². The Balaban J connectivity index is 0.00000196. The van der Waals surface area contributed by atoms with Crippen LogP contribution in [-0.4, -0.2) is 18.5 Å². The third-order valence-electron chi connectivity index (χ3n) is 2.19. The van der Waals surface area contributed by atoms with Gasteiger partial charge in [0.05, 0.1) is 0 Å². The minimum absolute atomic E-state index is 0. The molecule has 3 heteroatoms. The van der Waals surface area contributed by atoms with Crippen molar-refractivity contribution in [2.75, 3.05) is 12.4 Å². The van der Waals surface area contributed by atoms with Crippen molar-refractivity contribution < 1.29 is 0 Å². The Morgan fingerprint density at radius 1 is 1.27 bits per heavy atom. The van der Waals surface area contributed by atoms with Crippen LogP contribution in [0.5, 0.6) is 0 Å². The summed E-state index contributed by atoms with van der Waals surface area (Å²) in [6.07, 6.45) is 2.13. The van der Waals surface area contributed by atoms with Gasteiger partial charge in [-0.1, -0.05) is 30.3 Å². The maximum atomic E-state index is 5.61. The van der Waals surface area contributed by atoms with E-state index < -0.39 is 0 Å². The molecule has 0 radical (unpaired) electrons. The van der Waals surface area contributed by atoms with Crippen LogP contribution in [-0.2, 0) is 6.42 Å². The molecule has 0 aliphatic carbocycles. The van der Waals surface area contributed by atoms with Gasteiger partial charge in [0.25, 0.3) is 0 Å². The second-order valence-corrected chi connectivity index (χ2v) is 3.97. The molecule has 15 heavy (non-hydrogen) atoms. The number of alkyl halides is 1. The van der Waals surface area contributed by atoms with E-state index >= 15 is 0 Å². The monoisotopic (exact) mass is 247 g/mol. The molecule has 1 N–H and O–H groups in total. The van der Waals surface area contributed by atoms with Crippen molar-refractivity contribution in [3.63, 3.8) is 0 Å². The first-order valence-corrected chi connectivity index (χ1v) is 5.69. The topological polar surface area (TPSA) is 12.0 Å². The van der Waals surface area contributed by atoms with Crippen LogP contribution < -0.4 is 5.32 Å². The van der Waals surface area contributed by atoms with E-state index in [-0.39, 0.29) is 12.4 Å². The largest absolute Gasteiger partial charge is 0.314 e. The molecule has 0 aromatic heterocycles. The summed E-state index contributed by atoms with van der Waals surface area (Å²) in [5.74, 6) is 0.741. The lowest BCUT2D eigenvalue weighted by Gasteiger charge is -2.13. The second-order valence-electron chi connectivity index (χ2n) is 3.59. The summed E-state index contributed by atoms with van der Waals surface area (Å²) in [5.41, 5.74) is 1.39. The molecule has 86 valence electrons. The molecular weight excluding hydrogens is 229 g/mol. The molecule has 0 heterocycles. The molecule has 1 atom stereocenters. The van der Waals surface area contributed by atoms with Gasteiger partial charge in [-0.25, -0.2) is 0 Å². The fourth-order valence-electron chi connectivity index (χ4n) is 1.46. The fourth-order valence-corrected chi connectivity index (χ4v) is 1.59. The molecular formula is C12H19Cl2N. The summed E-state index contributed by atoms with van der Waals surface area (Å²) in [6.45, 7) is 3.22. The highest BCUT2D eigenvalue weighted by Gasteiger charge is 2.01. The minimum Gasteiger partial charge on any atom is -0.314 e. The second kappa shape index (κ2) is 9.02. The zero-order valence-electron chi connectivity index (χ0n) is 9.08. The molecule has 0 aliphatic rings. The lowest BCUT2D eigenvalue weighted by atomic mass is 10.1. The fraction of sp³-hybridized carbons (Fsp3) is 0.500. The molecule has 1 aromatic carbocycles. The van der Waals surface area contributed by atoms with Gasteiger partial charge in [-0.2, -0.15) is 0 Å². The summed E-state index contributed by atoms with van der Waals surface area (Å²) in [7, 11) is 0. The van der Waals surface area contributed by atoms with Gasteiger partial charge >= 0.3 is 0 Å². The van der Waals surface area contributed by atoms with Crippen molar-refractivity contribution >= 4 is 24.0 Å². The van der Waals surface area contributed by atoms with Gasteiger partial charge in [0.15, 0.2) is 0 Å². The first kappa shape index (κ1) is 14.8. The van der Waals surface area contributed by atoms with E-state index in [4.69, 9.17) is 11.6 Å². The van der Waals surface area contributed by atoms with Crippen molar-refractivity contribution in [3.05, 3.63) is 35.9 Å². The molecule has 0 fully saturated rings. The van der Waals surface area contributed by atoms with E-state index in [1.54, 1.807) is 0 Å². The van der Waals surface area contributed by atoms with E-state index in [9.17, 15) is 0 Å². The van der Waals surface area contributed by atoms with Crippen molar-refractivity contribution in [1.82, 2.24) is 5.32 Å². The van der Waals surface area contributed by atoms with E-state index in [1.807, 2.05) is 0 Å². The van der Waals surface area contributed by atoms with Gasteiger partial charge < -0.3 is 5.32 Å². The van der Waals surface area contributed by atoms with E-state index in [0.29, 0.717) is 6.04 Å². The van der Waals surface area contributed by atoms with Gasteiger partial charge in [-0.05, 0) is 31.9 Å². The molecule has 0 saturated carbocycles. The van der Waals surface area contributed by atoms with Crippen LogP contribution in [0.2, 0.25) is 0 Å². The van der Waals surface area contributed by atoms with Crippen molar-refractivity contribution in [2.45, 2.75) is 25.8 Å². The minimum atomic E-state index is 0. The highest BCUT2D eigenvalue weighted by Crippen LogP contribution is 2.02. The maximum absolute atomic E-state index is 5.61. The van der Waals surface area contributed by atoms with Gasteiger partial charge in [-0.3, -0.25) is 0 Å². The summed E-state index contributed by atoms with van der Waals surface area (Å²) >= 11 is 5.61. The molecule has 1 aromatic rings. The molecule has 0 saturated heterocycles. The van der Waals surface area contributed by atoms with Crippen molar-refractivity contribution in [3.8, 4) is 0 Å². The zero-order chi connectivity index (χ0) is 10.2. The number of hydrogen-bond donors (Lipinski definition) is 1. The summed E-state index contributed by atoms with van der Waals surface area (Å²) < 4.78 is 0. The zero-order valence-corrected chi connectivity index (χ0v) is 10.7. The number of halogens is 2. The highest BCUT2D eigenvalue weighted by atomic mass is 35.5. The third-order valence-corrected chi connectivity index (χ3v) is 2.46. The van der Waals surface area contributed by atoms with E-state index in [0.717, 1.165) is 25.3 Å². The lowest BCUT2D eigenvalue weighted by molar-refractivity contribution is 0.544. The standard InChI is InChI=1S/C12H18ClN.ClH/c1-11(14-9-5-8-13)10-12-6-3-2-4-7-12;/h2-4,6-7,11,14H,5,8-10H2,1H3;1H. The summed E-state index contributed by atoms with van der Waals surface area (Å²) in [6, 6.07) is 11.1. The number of benzene rings is 1. The average Bonchev–Trinajstić information content (AvgIpc) is 2.20. The quantitative estimate of drug-likeness (QED) is 0.602. The lowest BCUT2D eigenvalue weighted by Crippen LogP contribution is -2.29. The Morgan fingerprint density at radius 2 is 1.93 bits per heavy atom. The van der Waals surface area contributed by atoms with Crippen LogP contribution in [0.3, 0.4) is 0 Å². The number of hydrogen-bond acceptors (Lipinski definition) is 1. The van der Waals surface area contributed by atoms with Crippen molar-refractivity contribution in [1.29, 1.82) is 0 Å². The maximum Gasteiger partial charge on any atom is 0.0235 e. The Hall–Kier alpha value is -0.240. The van der Waals surface area contributed by atoms with Crippen LogP contribution in [0.15, 0.2) is 30.3 Å². The first-order chi connectivity index (χ1) is 6.83. The van der Waals surface area contributed by atoms with Crippen LogP contribution in [0.4, 0.5) is 0 Å². The molecule has 0 amide bonds. The van der Waals surface area contributed by atoms with Crippen LogP contribution >= 0.6 is 24.0 Å².